The average Bonchev–Trinajstić information content (AvgIpc) is 3.55. The lowest BCUT2D eigenvalue weighted by Crippen LogP contribution is -2.53. The summed E-state index contributed by atoms with van der Waals surface area (Å²) in [6, 6.07) is 20.2. The van der Waals surface area contributed by atoms with Crippen molar-refractivity contribution in [2.75, 3.05) is 9.80 Å². The van der Waals surface area contributed by atoms with Crippen LogP contribution in [0, 0.1) is 27.7 Å². The number of para-hydroxylation sites is 1. The Hall–Kier alpha value is -4.98. The SMILES string of the molecule is Cc1cc(N2C(=O)c3oc4cc(C)c(C)cc4c(=O)c3C23C(=O)N(Cc2ccccc2C)c2ccccc23)no1. The zero-order valence-electron chi connectivity index (χ0n) is 22.4. The van der Waals surface area contributed by atoms with Crippen LogP contribution in [0.4, 0.5) is 11.5 Å². The number of aromatic nitrogens is 1. The standard InChI is InChI=1S/C32H25N3O5/c1-17-9-5-6-10-21(17)16-34-24-12-8-7-11-23(24)32(31(34)38)27-28(36)22-13-18(2)19(3)14-25(22)39-29(27)30(37)35(32)26-15-20(4)40-33-26/h5-15H,16H2,1-4H3. The van der Waals surface area contributed by atoms with Gasteiger partial charge in [0.2, 0.25) is 5.76 Å². The van der Waals surface area contributed by atoms with Gasteiger partial charge in [-0.15, -0.1) is 0 Å². The van der Waals surface area contributed by atoms with Crippen molar-refractivity contribution in [3.63, 3.8) is 0 Å². The van der Waals surface area contributed by atoms with Gasteiger partial charge in [-0.2, -0.15) is 0 Å². The topological polar surface area (TPSA) is 96.9 Å². The van der Waals surface area contributed by atoms with Crippen molar-refractivity contribution in [2.45, 2.75) is 39.8 Å². The highest BCUT2D eigenvalue weighted by Crippen LogP contribution is 2.54. The van der Waals surface area contributed by atoms with E-state index in [1.807, 2.05) is 57.2 Å². The maximum absolute atomic E-state index is 14.9. The van der Waals surface area contributed by atoms with Crippen LogP contribution >= 0.6 is 0 Å². The molecule has 3 aromatic carbocycles. The number of benzene rings is 3. The van der Waals surface area contributed by atoms with E-state index in [-0.39, 0.29) is 23.7 Å². The van der Waals surface area contributed by atoms with Gasteiger partial charge in [0, 0.05) is 11.6 Å². The lowest BCUT2D eigenvalue weighted by Gasteiger charge is -2.32. The quantitative estimate of drug-likeness (QED) is 0.307. The Morgan fingerprint density at radius 3 is 2.33 bits per heavy atom. The second-order valence-electron chi connectivity index (χ2n) is 10.5. The molecule has 0 fully saturated rings. The van der Waals surface area contributed by atoms with E-state index in [9.17, 15) is 14.4 Å². The summed E-state index contributed by atoms with van der Waals surface area (Å²) >= 11 is 0. The number of fused-ring (bicyclic) bond motifs is 5. The number of anilines is 2. The number of hydrogen-bond acceptors (Lipinski definition) is 6. The molecule has 1 unspecified atom stereocenters. The van der Waals surface area contributed by atoms with Crippen molar-refractivity contribution in [3.05, 3.63) is 122 Å². The molecule has 2 amide bonds. The van der Waals surface area contributed by atoms with E-state index in [4.69, 9.17) is 8.94 Å². The molecule has 4 heterocycles. The third-order valence-corrected chi connectivity index (χ3v) is 8.17. The molecule has 8 nitrogen and oxygen atoms in total. The van der Waals surface area contributed by atoms with E-state index in [0.29, 0.717) is 28.0 Å². The molecule has 0 N–H and O–H groups in total. The summed E-state index contributed by atoms with van der Waals surface area (Å²) in [5, 5.41) is 4.44. The van der Waals surface area contributed by atoms with Crippen molar-refractivity contribution < 1.29 is 18.5 Å². The first-order valence-electron chi connectivity index (χ1n) is 13.1. The third kappa shape index (κ3) is 3.01. The second kappa shape index (κ2) is 8.26. The predicted octanol–water partition coefficient (Wildman–Crippen LogP) is 5.47. The molecule has 2 aromatic heterocycles. The van der Waals surface area contributed by atoms with Crippen LogP contribution in [0.1, 0.15) is 49.7 Å². The first-order valence-corrected chi connectivity index (χ1v) is 13.1. The van der Waals surface area contributed by atoms with Crippen LogP contribution in [0.3, 0.4) is 0 Å². The van der Waals surface area contributed by atoms with Gasteiger partial charge in [-0.05, 0) is 68.1 Å². The predicted molar refractivity (Wildman–Crippen MR) is 150 cm³/mol. The Balaban J connectivity index is 1.58. The molecule has 198 valence electrons. The number of carbonyl (C=O) groups excluding carboxylic acids is 2. The Morgan fingerprint density at radius 1 is 0.850 bits per heavy atom. The Kier molecular flexibility index (Phi) is 4.97. The monoisotopic (exact) mass is 531 g/mol. The maximum Gasteiger partial charge on any atom is 0.297 e. The normalized spacial score (nSPS) is 17.8. The van der Waals surface area contributed by atoms with Gasteiger partial charge >= 0.3 is 0 Å². The van der Waals surface area contributed by atoms with Crippen molar-refractivity contribution in [1.82, 2.24) is 5.16 Å². The third-order valence-electron chi connectivity index (χ3n) is 8.17. The van der Waals surface area contributed by atoms with E-state index < -0.39 is 22.8 Å². The lowest BCUT2D eigenvalue weighted by molar-refractivity contribution is -0.121. The summed E-state index contributed by atoms with van der Waals surface area (Å²) < 4.78 is 11.5. The molecule has 0 saturated carbocycles. The van der Waals surface area contributed by atoms with Gasteiger partial charge in [0.05, 0.1) is 23.2 Å². The van der Waals surface area contributed by atoms with Crippen LogP contribution < -0.4 is 15.2 Å². The number of amides is 2. The number of aryl methyl sites for hydroxylation is 4. The number of rotatable bonds is 3. The van der Waals surface area contributed by atoms with Crippen LogP contribution in [0.25, 0.3) is 11.0 Å². The van der Waals surface area contributed by atoms with Gasteiger partial charge in [-0.25, -0.2) is 0 Å². The minimum atomic E-state index is -1.82. The van der Waals surface area contributed by atoms with Crippen molar-refractivity contribution in [3.8, 4) is 0 Å². The van der Waals surface area contributed by atoms with E-state index in [1.54, 1.807) is 42.2 Å². The summed E-state index contributed by atoms with van der Waals surface area (Å²) in [5.41, 5.74) is 2.98. The Bertz CT molecular complexity index is 1970. The Labute approximate surface area is 229 Å². The zero-order valence-corrected chi connectivity index (χ0v) is 22.4. The fourth-order valence-corrected chi connectivity index (χ4v) is 6.04. The molecule has 7 rings (SSSR count). The highest BCUT2D eigenvalue weighted by atomic mass is 16.5. The summed E-state index contributed by atoms with van der Waals surface area (Å²) in [5.74, 6) is -0.630. The van der Waals surface area contributed by atoms with Gasteiger partial charge in [0.25, 0.3) is 11.8 Å². The van der Waals surface area contributed by atoms with Crippen LogP contribution in [0.2, 0.25) is 0 Å². The summed E-state index contributed by atoms with van der Waals surface area (Å²) in [6.45, 7) is 7.77. The number of carbonyl (C=O) groups is 2. The molecule has 0 bridgehead atoms. The van der Waals surface area contributed by atoms with E-state index >= 15 is 0 Å². The molecular formula is C32H25N3O5. The number of hydrogen-bond donors (Lipinski definition) is 0. The molecule has 0 aliphatic carbocycles. The van der Waals surface area contributed by atoms with Crippen LogP contribution in [-0.4, -0.2) is 17.0 Å². The summed E-state index contributed by atoms with van der Waals surface area (Å²) in [6.07, 6.45) is 0. The minimum Gasteiger partial charge on any atom is -0.450 e. The summed E-state index contributed by atoms with van der Waals surface area (Å²) in [4.78, 5) is 46.4. The molecule has 8 heteroatoms. The smallest absolute Gasteiger partial charge is 0.297 e. The zero-order chi connectivity index (χ0) is 27.9. The molecule has 0 radical (unpaired) electrons. The van der Waals surface area contributed by atoms with Gasteiger partial charge in [-0.1, -0.05) is 47.6 Å². The van der Waals surface area contributed by atoms with Gasteiger partial charge in [-0.3, -0.25) is 19.3 Å². The molecule has 1 spiro atoms. The van der Waals surface area contributed by atoms with Crippen molar-refractivity contribution in [1.29, 1.82) is 0 Å². The van der Waals surface area contributed by atoms with Gasteiger partial charge in [0.1, 0.15) is 11.3 Å². The van der Waals surface area contributed by atoms with Crippen LogP contribution in [-0.2, 0) is 16.9 Å². The molecule has 40 heavy (non-hydrogen) atoms. The molecule has 2 aliphatic rings. The fourth-order valence-electron chi connectivity index (χ4n) is 6.04. The van der Waals surface area contributed by atoms with E-state index in [1.165, 1.54) is 4.90 Å². The van der Waals surface area contributed by atoms with E-state index in [0.717, 1.165) is 22.3 Å². The molecule has 2 aliphatic heterocycles. The largest absolute Gasteiger partial charge is 0.450 e. The summed E-state index contributed by atoms with van der Waals surface area (Å²) in [7, 11) is 0. The van der Waals surface area contributed by atoms with E-state index in [2.05, 4.69) is 5.16 Å². The van der Waals surface area contributed by atoms with Crippen LogP contribution in [0.15, 0.2) is 80.5 Å². The highest BCUT2D eigenvalue weighted by Gasteiger charge is 2.66. The number of nitrogens with zero attached hydrogens (tertiary/aromatic N) is 3. The maximum atomic E-state index is 14.9. The second-order valence-corrected chi connectivity index (χ2v) is 10.5. The van der Waals surface area contributed by atoms with Crippen LogP contribution in [0.5, 0.6) is 0 Å². The average molecular weight is 532 g/mol. The minimum absolute atomic E-state index is 0.00126. The van der Waals surface area contributed by atoms with Gasteiger partial charge < -0.3 is 13.8 Å². The lowest BCUT2D eigenvalue weighted by atomic mass is 9.83. The molecule has 5 aromatic rings. The molecule has 0 saturated heterocycles. The molecule has 1 atom stereocenters. The Morgan fingerprint density at radius 2 is 1.57 bits per heavy atom. The highest BCUT2D eigenvalue weighted by molar-refractivity contribution is 6.24. The first kappa shape index (κ1) is 24.1. The first-order chi connectivity index (χ1) is 19.2. The fraction of sp³-hybridized carbons (Fsp3) is 0.188. The van der Waals surface area contributed by atoms with Crippen molar-refractivity contribution >= 4 is 34.3 Å². The van der Waals surface area contributed by atoms with Crippen molar-refractivity contribution in [2.24, 2.45) is 0 Å². The molecular weight excluding hydrogens is 506 g/mol. The van der Waals surface area contributed by atoms with Gasteiger partial charge in [0.15, 0.2) is 16.8 Å².